The van der Waals surface area contributed by atoms with Crippen LogP contribution in [0.5, 0.6) is 11.5 Å². The molecule has 0 aromatic heterocycles. The third-order valence-electron chi connectivity index (χ3n) is 7.12. The quantitative estimate of drug-likeness (QED) is 0.571. The maximum absolute atomic E-state index is 13.6. The summed E-state index contributed by atoms with van der Waals surface area (Å²) in [6.45, 7) is 4.92. The minimum atomic E-state index is -0.648. The SMILES string of the molecule is COc1ccc(CCN2CC3N(C(=O)CN(C)N3C(=O)NCc3ccccc3)C(C(C)C)C2=O)cc1OC. The van der Waals surface area contributed by atoms with Gasteiger partial charge in [-0.05, 0) is 35.6 Å². The number of fused-ring (bicyclic) bond motifs is 1. The zero-order valence-electron chi connectivity index (χ0n) is 22.7. The van der Waals surface area contributed by atoms with E-state index < -0.39 is 12.2 Å². The lowest BCUT2D eigenvalue weighted by atomic mass is 9.96. The van der Waals surface area contributed by atoms with Crippen LogP contribution in [-0.2, 0) is 22.6 Å². The Morgan fingerprint density at radius 2 is 1.74 bits per heavy atom. The molecule has 10 nitrogen and oxygen atoms in total. The molecule has 38 heavy (non-hydrogen) atoms. The normalized spacial score (nSPS) is 20.0. The van der Waals surface area contributed by atoms with Gasteiger partial charge in [-0.2, -0.15) is 0 Å². The fraction of sp³-hybridized carbons (Fsp3) is 0.464. The first-order valence-corrected chi connectivity index (χ1v) is 12.9. The average molecular weight is 524 g/mol. The van der Waals surface area contributed by atoms with Crippen LogP contribution in [0.2, 0.25) is 0 Å². The highest BCUT2D eigenvalue weighted by Gasteiger charge is 2.51. The summed E-state index contributed by atoms with van der Waals surface area (Å²) >= 11 is 0. The Morgan fingerprint density at radius 1 is 1.03 bits per heavy atom. The fourth-order valence-electron chi connectivity index (χ4n) is 5.22. The number of ether oxygens (including phenoxy) is 2. The van der Waals surface area contributed by atoms with Gasteiger partial charge in [0.15, 0.2) is 11.5 Å². The van der Waals surface area contributed by atoms with E-state index in [-0.39, 0.29) is 36.9 Å². The predicted octanol–water partition coefficient (Wildman–Crippen LogP) is 2.34. The molecule has 0 bridgehead atoms. The highest BCUT2D eigenvalue weighted by atomic mass is 16.5. The molecule has 2 saturated heterocycles. The predicted molar refractivity (Wildman–Crippen MR) is 142 cm³/mol. The number of benzene rings is 2. The van der Waals surface area contributed by atoms with Crippen LogP contribution >= 0.6 is 0 Å². The molecule has 2 aliphatic rings. The Balaban J connectivity index is 1.55. The van der Waals surface area contributed by atoms with Crippen LogP contribution in [-0.4, -0.2) is 90.8 Å². The number of carbonyl (C=O) groups excluding carboxylic acids is 3. The molecule has 2 aromatic rings. The van der Waals surface area contributed by atoms with E-state index in [2.05, 4.69) is 5.32 Å². The number of piperazine rings is 1. The highest BCUT2D eigenvalue weighted by molar-refractivity contribution is 5.91. The summed E-state index contributed by atoms with van der Waals surface area (Å²) in [6.07, 6.45) is -0.0133. The van der Waals surface area contributed by atoms with Gasteiger partial charge in [-0.1, -0.05) is 50.2 Å². The Kier molecular flexibility index (Phi) is 8.41. The van der Waals surface area contributed by atoms with Crippen LogP contribution < -0.4 is 14.8 Å². The Labute approximate surface area is 224 Å². The van der Waals surface area contributed by atoms with Crippen LogP contribution in [0, 0.1) is 5.92 Å². The molecule has 2 fully saturated rings. The van der Waals surface area contributed by atoms with Crippen molar-refractivity contribution in [1.29, 1.82) is 0 Å². The lowest BCUT2D eigenvalue weighted by Gasteiger charge is -2.55. The molecule has 204 valence electrons. The lowest BCUT2D eigenvalue weighted by Crippen LogP contribution is -2.76. The van der Waals surface area contributed by atoms with Gasteiger partial charge in [-0.15, -0.1) is 0 Å². The van der Waals surface area contributed by atoms with Crippen molar-refractivity contribution in [2.45, 2.75) is 39.0 Å². The third kappa shape index (κ3) is 5.55. The average Bonchev–Trinajstić information content (AvgIpc) is 2.91. The van der Waals surface area contributed by atoms with E-state index in [4.69, 9.17) is 9.47 Å². The molecule has 0 aliphatic carbocycles. The van der Waals surface area contributed by atoms with E-state index in [9.17, 15) is 14.4 Å². The van der Waals surface area contributed by atoms with Crippen molar-refractivity contribution in [3.63, 3.8) is 0 Å². The van der Waals surface area contributed by atoms with E-state index in [0.29, 0.717) is 31.0 Å². The van der Waals surface area contributed by atoms with E-state index in [1.165, 1.54) is 0 Å². The van der Waals surface area contributed by atoms with Crippen molar-refractivity contribution in [2.24, 2.45) is 5.92 Å². The zero-order chi connectivity index (χ0) is 27.4. The number of carbonyl (C=O) groups is 3. The molecule has 4 rings (SSSR count). The van der Waals surface area contributed by atoms with Gasteiger partial charge >= 0.3 is 6.03 Å². The summed E-state index contributed by atoms with van der Waals surface area (Å²) in [4.78, 5) is 43.6. The maximum atomic E-state index is 13.6. The summed E-state index contributed by atoms with van der Waals surface area (Å²) in [5.74, 6) is 0.898. The molecule has 0 spiro atoms. The van der Waals surface area contributed by atoms with Crippen LogP contribution in [0.3, 0.4) is 0 Å². The summed E-state index contributed by atoms with van der Waals surface area (Å²) < 4.78 is 10.8. The number of amides is 4. The maximum Gasteiger partial charge on any atom is 0.334 e. The minimum absolute atomic E-state index is 0.0252. The number of rotatable bonds is 8. The van der Waals surface area contributed by atoms with Crippen molar-refractivity contribution in [3.8, 4) is 11.5 Å². The molecule has 2 aromatic carbocycles. The van der Waals surface area contributed by atoms with Crippen LogP contribution in [0.1, 0.15) is 25.0 Å². The molecule has 2 heterocycles. The summed E-state index contributed by atoms with van der Waals surface area (Å²) in [7, 11) is 4.91. The van der Waals surface area contributed by atoms with Gasteiger partial charge in [0.2, 0.25) is 11.8 Å². The second-order valence-corrected chi connectivity index (χ2v) is 10.00. The second-order valence-electron chi connectivity index (χ2n) is 10.00. The molecule has 2 atom stereocenters. The number of hydrazine groups is 1. The van der Waals surface area contributed by atoms with Gasteiger partial charge < -0.3 is 24.6 Å². The van der Waals surface area contributed by atoms with Crippen LogP contribution in [0.15, 0.2) is 48.5 Å². The van der Waals surface area contributed by atoms with Gasteiger partial charge in [-0.25, -0.2) is 14.8 Å². The highest BCUT2D eigenvalue weighted by Crippen LogP contribution is 2.31. The minimum Gasteiger partial charge on any atom is -0.493 e. The molecule has 1 N–H and O–H groups in total. The number of nitrogens with one attached hydrogen (secondary N) is 1. The van der Waals surface area contributed by atoms with Crippen LogP contribution in [0.4, 0.5) is 4.79 Å². The van der Waals surface area contributed by atoms with Crippen molar-refractivity contribution < 1.29 is 23.9 Å². The molecule has 0 saturated carbocycles. The van der Waals surface area contributed by atoms with Crippen molar-refractivity contribution >= 4 is 17.8 Å². The lowest BCUT2D eigenvalue weighted by molar-refractivity contribution is -0.189. The van der Waals surface area contributed by atoms with E-state index >= 15 is 0 Å². The number of hydrogen-bond donors (Lipinski definition) is 1. The first kappa shape index (κ1) is 27.3. The molecule has 2 unspecified atom stereocenters. The Hall–Kier alpha value is -3.79. The van der Waals surface area contributed by atoms with Gasteiger partial charge in [0, 0.05) is 20.1 Å². The first-order valence-electron chi connectivity index (χ1n) is 12.9. The molecular weight excluding hydrogens is 486 g/mol. The monoisotopic (exact) mass is 523 g/mol. The van der Waals surface area contributed by atoms with Gasteiger partial charge in [0.05, 0.1) is 27.3 Å². The Bertz CT molecular complexity index is 1160. The number of hydrogen-bond acceptors (Lipinski definition) is 6. The standard InChI is InChI=1S/C28H37N5O5/c1-19(2)26-27(35)31(14-13-20-11-12-22(37-4)23(15-20)38-5)17-24-32(26)25(34)18-30(3)33(24)28(36)29-16-21-9-7-6-8-10-21/h6-12,15,19,24,26H,13-14,16-18H2,1-5H3,(H,29,36). The molecule has 10 heteroatoms. The largest absolute Gasteiger partial charge is 0.493 e. The van der Waals surface area contributed by atoms with Gasteiger partial charge in [0.25, 0.3) is 0 Å². The fourth-order valence-corrected chi connectivity index (χ4v) is 5.22. The van der Waals surface area contributed by atoms with E-state index in [1.54, 1.807) is 41.1 Å². The summed E-state index contributed by atoms with van der Waals surface area (Å²) in [5.41, 5.74) is 1.97. The van der Waals surface area contributed by atoms with E-state index in [0.717, 1.165) is 11.1 Å². The number of likely N-dealkylation sites (N-methyl/N-ethyl adjacent to an activating group) is 1. The van der Waals surface area contributed by atoms with Crippen molar-refractivity contribution in [3.05, 3.63) is 59.7 Å². The Morgan fingerprint density at radius 3 is 2.39 bits per heavy atom. The molecule has 4 amide bonds. The molecule has 2 aliphatic heterocycles. The number of methoxy groups -OCH3 is 2. The van der Waals surface area contributed by atoms with Gasteiger partial charge in [0.1, 0.15) is 12.2 Å². The molecule has 0 radical (unpaired) electrons. The smallest absolute Gasteiger partial charge is 0.334 e. The first-order chi connectivity index (χ1) is 18.2. The number of nitrogens with zero attached hydrogens (tertiary/aromatic N) is 4. The number of urea groups is 1. The third-order valence-corrected chi connectivity index (χ3v) is 7.12. The summed E-state index contributed by atoms with van der Waals surface area (Å²) in [6, 6.07) is 14.4. The molecular formula is C28H37N5O5. The summed E-state index contributed by atoms with van der Waals surface area (Å²) in [5, 5.41) is 6.20. The van der Waals surface area contributed by atoms with Crippen molar-refractivity contribution in [1.82, 2.24) is 25.1 Å². The zero-order valence-corrected chi connectivity index (χ0v) is 22.7. The van der Waals surface area contributed by atoms with E-state index in [1.807, 2.05) is 62.4 Å². The topological polar surface area (TPSA) is 94.7 Å². The van der Waals surface area contributed by atoms with Crippen molar-refractivity contribution in [2.75, 3.05) is 40.9 Å². The van der Waals surface area contributed by atoms with Gasteiger partial charge in [-0.3, -0.25) is 9.59 Å². The van der Waals surface area contributed by atoms with Crippen LogP contribution in [0.25, 0.3) is 0 Å². The second kappa shape index (κ2) is 11.7.